The third kappa shape index (κ3) is 3.28. The van der Waals surface area contributed by atoms with Gasteiger partial charge in [-0.25, -0.2) is 4.98 Å². The molecule has 1 unspecified atom stereocenters. The second kappa shape index (κ2) is 5.24. The van der Waals surface area contributed by atoms with Gasteiger partial charge in [-0.2, -0.15) is 8.42 Å². The molecule has 1 aliphatic rings. The Morgan fingerprint density at radius 1 is 1.53 bits per heavy atom. The molecule has 1 amide bonds. The van der Waals surface area contributed by atoms with Gasteiger partial charge in [0.2, 0.25) is 5.91 Å². The molecule has 2 rings (SSSR count). The lowest BCUT2D eigenvalue weighted by atomic mass is 10.1. The van der Waals surface area contributed by atoms with Crippen LogP contribution >= 0.6 is 0 Å². The van der Waals surface area contributed by atoms with Gasteiger partial charge in [-0.3, -0.25) is 9.69 Å². The Morgan fingerprint density at radius 3 is 2.89 bits per heavy atom. The summed E-state index contributed by atoms with van der Waals surface area (Å²) in [4.78, 5) is 17.5. The summed E-state index contributed by atoms with van der Waals surface area (Å²) < 4.78 is 34.0. The number of carbonyl (C=O) groups excluding carboxylic acids is 1. The van der Waals surface area contributed by atoms with E-state index in [2.05, 4.69) is 4.98 Å². The molecule has 0 aromatic carbocycles. The van der Waals surface area contributed by atoms with Crippen molar-refractivity contribution >= 4 is 21.9 Å². The third-order valence-corrected chi connectivity index (χ3v) is 4.01. The number of aromatic nitrogens is 1. The molecule has 0 aliphatic carbocycles. The minimum atomic E-state index is -4.55. The number of carbonyl (C=O) groups is 1. The van der Waals surface area contributed by atoms with Crippen LogP contribution in [-0.4, -0.2) is 31.6 Å². The highest BCUT2D eigenvalue weighted by atomic mass is 32.3. The van der Waals surface area contributed by atoms with Crippen molar-refractivity contribution in [1.82, 2.24) is 4.98 Å². The third-order valence-electron chi connectivity index (χ3n) is 3.14. The number of rotatable bonds is 4. The predicted octanol–water partition coefficient (Wildman–Crippen LogP) is 1.30. The summed E-state index contributed by atoms with van der Waals surface area (Å²) in [6.45, 7) is 2.15. The molecule has 0 saturated carbocycles. The summed E-state index contributed by atoms with van der Waals surface area (Å²) >= 11 is 0. The van der Waals surface area contributed by atoms with E-state index in [1.807, 2.05) is 13.0 Å². The van der Waals surface area contributed by atoms with Crippen LogP contribution in [-0.2, 0) is 21.4 Å². The summed E-state index contributed by atoms with van der Waals surface area (Å²) in [5, 5.41) is 0. The molecule has 1 fully saturated rings. The quantitative estimate of drug-likeness (QED) is 0.782. The smallest absolute Gasteiger partial charge is 0.296 e. The van der Waals surface area contributed by atoms with E-state index in [9.17, 15) is 17.1 Å². The van der Waals surface area contributed by atoms with Crippen LogP contribution in [0.4, 0.5) is 9.70 Å². The molecule has 1 aromatic heterocycles. The highest BCUT2D eigenvalue weighted by Gasteiger charge is 2.34. The molecule has 1 aromatic rings. The summed E-state index contributed by atoms with van der Waals surface area (Å²) in [6, 6.07) is 3.65. The van der Waals surface area contributed by atoms with Gasteiger partial charge in [-0.05, 0) is 18.1 Å². The van der Waals surface area contributed by atoms with Crippen LogP contribution in [0.25, 0.3) is 0 Å². The van der Waals surface area contributed by atoms with E-state index >= 15 is 0 Å². The van der Waals surface area contributed by atoms with Crippen molar-refractivity contribution in [3.05, 3.63) is 23.9 Å². The van der Waals surface area contributed by atoms with Crippen molar-refractivity contribution in [2.24, 2.45) is 5.92 Å². The molecule has 104 valence electrons. The molecule has 5 nitrogen and oxygen atoms in total. The van der Waals surface area contributed by atoms with E-state index in [0.29, 0.717) is 5.82 Å². The molecule has 7 heteroatoms. The number of amides is 1. The first kappa shape index (κ1) is 13.9. The number of nitrogens with zero attached hydrogens (tertiary/aromatic N) is 2. The number of hydrogen-bond acceptors (Lipinski definition) is 4. The predicted molar refractivity (Wildman–Crippen MR) is 69.0 cm³/mol. The molecule has 1 saturated heterocycles. The van der Waals surface area contributed by atoms with Crippen molar-refractivity contribution in [3.63, 3.8) is 0 Å². The molecule has 0 N–H and O–H groups in total. The van der Waals surface area contributed by atoms with Crippen molar-refractivity contribution in [2.75, 3.05) is 17.2 Å². The normalized spacial score (nSPS) is 20.0. The zero-order chi connectivity index (χ0) is 14.0. The van der Waals surface area contributed by atoms with E-state index in [-0.39, 0.29) is 18.9 Å². The maximum absolute atomic E-state index is 12.7. The second-order valence-corrected chi connectivity index (χ2v) is 6.03. The van der Waals surface area contributed by atoms with Crippen LogP contribution in [0.3, 0.4) is 0 Å². The maximum atomic E-state index is 12.7. The Labute approximate surface area is 111 Å². The van der Waals surface area contributed by atoms with Crippen LogP contribution in [0.2, 0.25) is 0 Å². The molecule has 0 spiro atoms. The number of pyridine rings is 1. The number of aryl methyl sites for hydroxylation is 1. The van der Waals surface area contributed by atoms with Gasteiger partial charge >= 0.3 is 10.2 Å². The van der Waals surface area contributed by atoms with Crippen LogP contribution < -0.4 is 4.90 Å². The second-order valence-electron chi connectivity index (χ2n) is 4.62. The lowest BCUT2D eigenvalue weighted by Gasteiger charge is -2.18. The van der Waals surface area contributed by atoms with Gasteiger partial charge in [0.25, 0.3) is 0 Å². The monoisotopic (exact) mass is 286 g/mol. The zero-order valence-electron chi connectivity index (χ0n) is 10.5. The van der Waals surface area contributed by atoms with Crippen LogP contribution in [0, 0.1) is 5.92 Å². The molecule has 19 heavy (non-hydrogen) atoms. The molecule has 0 radical (unpaired) electrons. The largest absolute Gasteiger partial charge is 0.302 e. The van der Waals surface area contributed by atoms with E-state index in [4.69, 9.17) is 0 Å². The number of anilines is 1. The fourth-order valence-electron chi connectivity index (χ4n) is 2.33. The Morgan fingerprint density at radius 2 is 2.26 bits per heavy atom. The zero-order valence-corrected chi connectivity index (χ0v) is 11.4. The van der Waals surface area contributed by atoms with Gasteiger partial charge in [0, 0.05) is 25.1 Å². The van der Waals surface area contributed by atoms with Gasteiger partial charge in [-0.1, -0.05) is 13.0 Å². The van der Waals surface area contributed by atoms with E-state index in [1.165, 1.54) is 4.90 Å². The maximum Gasteiger partial charge on any atom is 0.302 e. The Hall–Kier alpha value is -1.50. The van der Waals surface area contributed by atoms with Crippen LogP contribution in [0.15, 0.2) is 18.3 Å². The minimum absolute atomic E-state index is 0.0445. The first-order chi connectivity index (χ1) is 8.90. The molecular formula is C12H15FN2O3S. The number of hydrogen-bond donors (Lipinski definition) is 0. The molecule has 2 heterocycles. The lowest BCUT2D eigenvalue weighted by Crippen LogP contribution is -2.27. The van der Waals surface area contributed by atoms with E-state index in [1.54, 1.807) is 12.3 Å². The van der Waals surface area contributed by atoms with Crippen molar-refractivity contribution in [1.29, 1.82) is 0 Å². The van der Waals surface area contributed by atoms with Crippen molar-refractivity contribution in [3.8, 4) is 0 Å². The Balaban J connectivity index is 2.20. The Kier molecular flexibility index (Phi) is 3.84. The molecular weight excluding hydrogens is 271 g/mol. The summed E-state index contributed by atoms with van der Waals surface area (Å²) in [5.41, 5.74) is 0.916. The van der Waals surface area contributed by atoms with Gasteiger partial charge in [0.05, 0.1) is 5.75 Å². The topological polar surface area (TPSA) is 67.3 Å². The summed E-state index contributed by atoms with van der Waals surface area (Å²) in [7, 11) is -4.55. The first-order valence-corrected chi connectivity index (χ1v) is 7.62. The van der Waals surface area contributed by atoms with Gasteiger partial charge in [-0.15, -0.1) is 3.89 Å². The summed E-state index contributed by atoms with van der Waals surface area (Å²) in [5.74, 6) is -0.770. The SMILES string of the molecule is CCc1cccnc1N1CC(CS(=O)(=O)F)CC1=O. The van der Waals surface area contributed by atoms with E-state index < -0.39 is 21.9 Å². The fourth-order valence-corrected chi connectivity index (χ4v) is 3.12. The fraction of sp³-hybridized carbons (Fsp3) is 0.500. The summed E-state index contributed by atoms with van der Waals surface area (Å²) in [6.07, 6.45) is 2.35. The van der Waals surface area contributed by atoms with Crippen molar-refractivity contribution < 1.29 is 17.1 Å². The highest BCUT2D eigenvalue weighted by Crippen LogP contribution is 2.27. The molecule has 1 aliphatic heterocycles. The lowest BCUT2D eigenvalue weighted by molar-refractivity contribution is -0.117. The van der Waals surface area contributed by atoms with Crippen LogP contribution in [0.5, 0.6) is 0 Å². The minimum Gasteiger partial charge on any atom is -0.296 e. The highest BCUT2D eigenvalue weighted by molar-refractivity contribution is 7.86. The van der Waals surface area contributed by atoms with Gasteiger partial charge in [0.15, 0.2) is 0 Å². The van der Waals surface area contributed by atoms with Gasteiger partial charge < -0.3 is 0 Å². The standard InChI is InChI=1S/C12H15FN2O3S/c1-2-10-4-3-5-14-12(10)15-7-9(6-11(15)16)8-19(13,17)18/h3-5,9H,2,6-8H2,1H3. The van der Waals surface area contributed by atoms with E-state index in [0.717, 1.165) is 12.0 Å². The van der Waals surface area contributed by atoms with Crippen LogP contribution in [0.1, 0.15) is 18.9 Å². The van der Waals surface area contributed by atoms with Gasteiger partial charge in [0.1, 0.15) is 5.82 Å². The average Bonchev–Trinajstić information content (AvgIpc) is 2.67. The average molecular weight is 286 g/mol. The molecule has 1 atom stereocenters. The Bertz CT molecular complexity index is 588. The first-order valence-electron chi connectivity index (χ1n) is 6.07. The van der Waals surface area contributed by atoms with Crippen molar-refractivity contribution in [2.45, 2.75) is 19.8 Å². The number of halogens is 1. The molecule has 0 bridgehead atoms.